The van der Waals surface area contributed by atoms with Crippen LogP contribution < -0.4 is 5.11 Å². The number of carbonyl (C=O) groups excluding carboxylic acids is 3. The van der Waals surface area contributed by atoms with Gasteiger partial charge < -0.3 is 28.6 Å². The molecule has 0 aromatic heterocycles. The van der Waals surface area contributed by atoms with Gasteiger partial charge in [0, 0.05) is 19.3 Å². The Kier molecular flexibility index (Phi) is 36.7. The normalized spacial score (nSPS) is 13.3. The van der Waals surface area contributed by atoms with Crippen LogP contribution in [0.25, 0.3) is 0 Å². The summed E-state index contributed by atoms with van der Waals surface area (Å²) in [5.41, 5.74) is 0. The third-order valence-corrected chi connectivity index (χ3v) is 10.0. The zero-order valence-corrected chi connectivity index (χ0v) is 36.3. The summed E-state index contributed by atoms with van der Waals surface area (Å²) < 4.78 is 17.1. The summed E-state index contributed by atoms with van der Waals surface area (Å²) in [6.07, 6.45) is 43.1. The standard InChI is InChI=1S/C47H85NO7/c1-6-8-10-12-14-16-18-20-22-24-26-28-30-32-34-36-38-46(50)55-43(41-53-40-39-44(47(51)52)48(3,4)5)42-54-45(49)37-35-33-31-29-27-25-23-21-19-17-15-13-11-9-7-2/h17,19,22,24,26,28,43-44H,6-16,18,20-21,23,25,27,29-42H2,1-5H3/b19-17+,24-22+,28-26+. The van der Waals surface area contributed by atoms with Gasteiger partial charge in [-0.1, -0.05) is 147 Å². The fourth-order valence-corrected chi connectivity index (χ4v) is 6.47. The highest BCUT2D eigenvalue weighted by Crippen LogP contribution is 2.13. The van der Waals surface area contributed by atoms with Gasteiger partial charge in [0.2, 0.25) is 0 Å². The maximum Gasteiger partial charge on any atom is 0.306 e. The van der Waals surface area contributed by atoms with Crippen LogP contribution in [-0.2, 0) is 28.6 Å². The summed E-state index contributed by atoms with van der Waals surface area (Å²) in [4.78, 5) is 36.8. The molecule has 0 heterocycles. The fourth-order valence-electron chi connectivity index (χ4n) is 6.47. The van der Waals surface area contributed by atoms with Crippen molar-refractivity contribution in [2.45, 2.75) is 206 Å². The molecule has 2 unspecified atom stereocenters. The number of allylic oxidation sites excluding steroid dienone is 6. The Morgan fingerprint density at radius 3 is 1.45 bits per heavy atom. The topological polar surface area (TPSA) is 102 Å². The molecule has 8 nitrogen and oxygen atoms in total. The summed E-state index contributed by atoms with van der Waals surface area (Å²) in [7, 11) is 5.40. The quantitative estimate of drug-likeness (QED) is 0.0201. The highest BCUT2D eigenvalue weighted by atomic mass is 16.6. The summed E-state index contributed by atoms with van der Waals surface area (Å²) in [5.74, 6) is -1.77. The lowest BCUT2D eigenvalue weighted by Gasteiger charge is -2.34. The number of unbranched alkanes of at least 4 members (excludes halogenated alkanes) is 21. The number of hydrogen-bond donors (Lipinski definition) is 0. The van der Waals surface area contributed by atoms with E-state index in [-0.39, 0.29) is 49.1 Å². The Hall–Kier alpha value is -2.45. The van der Waals surface area contributed by atoms with Crippen LogP contribution in [-0.4, -0.2) is 75.5 Å². The second-order valence-electron chi connectivity index (χ2n) is 16.3. The van der Waals surface area contributed by atoms with E-state index in [0.29, 0.717) is 6.42 Å². The van der Waals surface area contributed by atoms with E-state index < -0.39 is 18.1 Å². The highest BCUT2D eigenvalue weighted by molar-refractivity contribution is 5.70. The molecule has 0 aromatic rings. The number of carbonyl (C=O) groups is 3. The maximum absolute atomic E-state index is 12.7. The van der Waals surface area contributed by atoms with Crippen molar-refractivity contribution in [3.05, 3.63) is 36.5 Å². The number of likely N-dealkylation sites (N-methyl/N-ethyl adjacent to an activating group) is 1. The Morgan fingerprint density at radius 2 is 0.964 bits per heavy atom. The summed E-state index contributed by atoms with van der Waals surface area (Å²) >= 11 is 0. The van der Waals surface area contributed by atoms with Gasteiger partial charge >= 0.3 is 11.9 Å². The van der Waals surface area contributed by atoms with Crippen LogP contribution in [0.1, 0.15) is 194 Å². The monoisotopic (exact) mass is 776 g/mol. The van der Waals surface area contributed by atoms with Crippen LogP contribution in [0.4, 0.5) is 0 Å². The summed E-state index contributed by atoms with van der Waals surface area (Å²) in [6.45, 7) is 4.61. The Labute approximate surface area is 338 Å². The summed E-state index contributed by atoms with van der Waals surface area (Å²) in [6, 6.07) is -0.730. The first-order valence-corrected chi connectivity index (χ1v) is 22.5. The molecule has 0 fully saturated rings. The van der Waals surface area contributed by atoms with Gasteiger partial charge in [-0.3, -0.25) is 9.59 Å². The van der Waals surface area contributed by atoms with Crippen molar-refractivity contribution < 1.29 is 38.2 Å². The minimum absolute atomic E-state index is 0.0297. The number of esters is 2. The molecule has 2 atom stereocenters. The van der Waals surface area contributed by atoms with Gasteiger partial charge in [-0.15, -0.1) is 0 Å². The van der Waals surface area contributed by atoms with Crippen LogP contribution in [0.2, 0.25) is 0 Å². The van der Waals surface area contributed by atoms with Crippen molar-refractivity contribution >= 4 is 17.9 Å². The van der Waals surface area contributed by atoms with E-state index in [2.05, 4.69) is 50.3 Å². The zero-order chi connectivity index (χ0) is 40.7. The van der Waals surface area contributed by atoms with Gasteiger partial charge in [-0.2, -0.15) is 0 Å². The lowest BCUT2D eigenvalue weighted by molar-refractivity contribution is -0.889. The number of carboxylic acid groups (broad SMARTS) is 1. The third kappa shape index (κ3) is 36.9. The van der Waals surface area contributed by atoms with Crippen molar-refractivity contribution in [2.75, 3.05) is 41.0 Å². The van der Waals surface area contributed by atoms with Gasteiger partial charge in [-0.25, -0.2) is 0 Å². The van der Waals surface area contributed by atoms with E-state index in [1.54, 1.807) is 21.1 Å². The van der Waals surface area contributed by atoms with Crippen LogP contribution in [0.3, 0.4) is 0 Å². The number of hydrogen-bond acceptors (Lipinski definition) is 7. The lowest BCUT2D eigenvalue weighted by Crippen LogP contribution is -2.55. The van der Waals surface area contributed by atoms with E-state index in [1.165, 1.54) is 109 Å². The zero-order valence-electron chi connectivity index (χ0n) is 36.3. The molecule has 8 heteroatoms. The predicted octanol–water partition coefficient (Wildman–Crippen LogP) is 10.9. The van der Waals surface area contributed by atoms with Gasteiger partial charge in [0.1, 0.15) is 12.6 Å². The predicted molar refractivity (Wildman–Crippen MR) is 227 cm³/mol. The molecule has 0 spiro atoms. The molecule has 0 radical (unpaired) electrons. The van der Waals surface area contributed by atoms with E-state index in [9.17, 15) is 19.5 Å². The van der Waals surface area contributed by atoms with Crippen LogP contribution in [0.15, 0.2) is 36.5 Å². The van der Waals surface area contributed by atoms with E-state index in [4.69, 9.17) is 14.2 Å². The van der Waals surface area contributed by atoms with Crippen LogP contribution in [0, 0.1) is 0 Å². The average Bonchev–Trinajstić information content (AvgIpc) is 3.14. The molecule has 320 valence electrons. The SMILES string of the molecule is CCCCCC/C=C/CCCCCCCCCC(=O)OCC(COCCC(C(=O)[O-])[N+](C)(C)C)OC(=O)CCCCC/C=C/C=C/CCCCCCCCC. The number of carboxylic acids is 1. The molecule has 0 saturated carbocycles. The number of nitrogens with zero attached hydrogens (tertiary/aromatic N) is 1. The maximum atomic E-state index is 12.7. The molecule has 0 bridgehead atoms. The second kappa shape index (κ2) is 38.4. The molecule has 0 amide bonds. The third-order valence-electron chi connectivity index (χ3n) is 10.0. The molecule has 55 heavy (non-hydrogen) atoms. The van der Waals surface area contributed by atoms with E-state index >= 15 is 0 Å². The second-order valence-corrected chi connectivity index (χ2v) is 16.3. The molecular weight excluding hydrogens is 691 g/mol. The molecule has 0 saturated heterocycles. The number of quaternary nitrogens is 1. The molecule has 0 rings (SSSR count). The minimum atomic E-state index is -1.13. The Balaban J connectivity index is 4.39. The molecule has 0 aliphatic rings. The van der Waals surface area contributed by atoms with Gasteiger partial charge in [-0.05, 0) is 64.2 Å². The first-order chi connectivity index (χ1) is 26.6. The fraction of sp³-hybridized carbons (Fsp3) is 0.809. The van der Waals surface area contributed by atoms with Crippen molar-refractivity contribution in [2.24, 2.45) is 0 Å². The van der Waals surface area contributed by atoms with Gasteiger partial charge in [0.15, 0.2) is 6.10 Å². The lowest BCUT2D eigenvalue weighted by atomic mass is 10.1. The number of rotatable bonds is 40. The van der Waals surface area contributed by atoms with Crippen LogP contribution >= 0.6 is 0 Å². The van der Waals surface area contributed by atoms with Crippen molar-refractivity contribution in [3.63, 3.8) is 0 Å². The van der Waals surface area contributed by atoms with E-state index in [0.717, 1.165) is 51.4 Å². The number of aliphatic carboxylic acids is 1. The number of ether oxygens (including phenoxy) is 3. The molecule has 0 aromatic carbocycles. The smallest absolute Gasteiger partial charge is 0.306 e. The average molecular weight is 776 g/mol. The highest BCUT2D eigenvalue weighted by Gasteiger charge is 2.25. The Morgan fingerprint density at radius 1 is 0.545 bits per heavy atom. The van der Waals surface area contributed by atoms with Crippen molar-refractivity contribution in [1.29, 1.82) is 0 Å². The van der Waals surface area contributed by atoms with E-state index in [1.807, 2.05) is 0 Å². The van der Waals surface area contributed by atoms with Crippen molar-refractivity contribution in [3.8, 4) is 0 Å². The molecule has 0 aliphatic carbocycles. The molecular formula is C47H85NO7. The minimum Gasteiger partial charge on any atom is -0.544 e. The summed E-state index contributed by atoms with van der Waals surface area (Å²) in [5, 5.41) is 11.6. The van der Waals surface area contributed by atoms with Gasteiger partial charge in [0.05, 0.1) is 40.3 Å². The van der Waals surface area contributed by atoms with Crippen LogP contribution in [0.5, 0.6) is 0 Å². The Bertz CT molecular complexity index is 1000. The van der Waals surface area contributed by atoms with Gasteiger partial charge in [0.25, 0.3) is 0 Å². The largest absolute Gasteiger partial charge is 0.544 e. The molecule has 0 aliphatic heterocycles. The first kappa shape index (κ1) is 52.6. The van der Waals surface area contributed by atoms with Crippen molar-refractivity contribution in [1.82, 2.24) is 0 Å². The molecule has 0 N–H and O–H groups in total. The first-order valence-electron chi connectivity index (χ1n) is 22.5.